The van der Waals surface area contributed by atoms with Gasteiger partial charge in [0, 0.05) is 20.9 Å². The van der Waals surface area contributed by atoms with Crippen molar-refractivity contribution in [1.29, 1.82) is 0 Å². The van der Waals surface area contributed by atoms with Crippen molar-refractivity contribution in [2.24, 2.45) is 0 Å². The van der Waals surface area contributed by atoms with Crippen LogP contribution in [0.1, 0.15) is 31.2 Å². The Morgan fingerprint density at radius 1 is 1.33 bits per heavy atom. The van der Waals surface area contributed by atoms with E-state index < -0.39 is 0 Å². The lowest BCUT2D eigenvalue weighted by molar-refractivity contribution is 0.0951. The van der Waals surface area contributed by atoms with Gasteiger partial charge >= 0.3 is 0 Å². The topological polar surface area (TPSA) is 49.3 Å². The van der Waals surface area contributed by atoms with Gasteiger partial charge in [-0.25, -0.2) is 0 Å². The number of nitrogens with one attached hydrogen (secondary N) is 1. The second-order valence-electron chi connectivity index (χ2n) is 4.68. The molecule has 0 radical (unpaired) electrons. The van der Waals surface area contributed by atoms with Crippen molar-refractivity contribution < 1.29 is 9.90 Å². The molecule has 0 saturated carbocycles. The van der Waals surface area contributed by atoms with E-state index in [0.29, 0.717) is 12.1 Å². The monoisotopic (exact) mass is 299 g/mol. The summed E-state index contributed by atoms with van der Waals surface area (Å²) in [5.74, 6) is 5.25. The average molecular weight is 299 g/mol. The van der Waals surface area contributed by atoms with E-state index in [4.69, 9.17) is 5.11 Å². The van der Waals surface area contributed by atoms with Gasteiger partial charge in [0.2, 0.25) is 0 Å². The molecule has 108 valence electrons. The van der Waals surface area contributed by atoms with E-state index in [1.165, 1.54) is 10.4 Å². The maximum absolute atomic E-state index is 12.1. The Hall–Kier alpha value is -2.09. The van der Waals surface area contributed by atoms with Crippen LogP contribution in [0.3, 0.4) is 0 Å². The van der Waals surface area contributed by atoms with Crippen LogP contribution in [-0.2, 0) is 6.54 Å². The Kier molecular flexibility index (Phi) is 5.15. The highest BCUT2D eigenvalue weighted by atomic mass is 32.1. The number of hydrogen-bond donors (Lipinski definition) is 2. The van der Waals surface area contributed by atoms with Crippen molar-refractivity contribution in [1.82, 2.24) is 5.32 Å². The number of aliphatic hydroxyl groups is 1. The van der Waals surface area contributed by atoms with Gasteiger partial charge in [-0.15, -0.1) is 11.3 Å². The zero-order valence-electron chi connectivity index (χ0n) is 12.1. The second kappa shape index (κ2) is 7.07. The molecule has 0 spiro atoms. The second-order valence-corrected chi connectivity index (χ2v) is 6.02. The minimum absolute atomic E-state index is 0.119. The fourth-order valence-corrected chi connectivity index (χ4v) is 2.88. The number of thiophene rings is 1. The SMILES string of the molecule is Cc1cc(CNC(=O)c2cccc(C#CCO)c2)sc1C. The quantitative estimate of drug-likeness (QED) is 0.856. The van der Waals surface area contributed by atoms with Gasteiger partial charge in [0.05, 0.1) is 6.54 Å². The average Bonchev–Trinajstić information content (AvgIpc) is 2.81. The first kappa shape index (κ1) is 15.3. The summed E-state index contributed by atoms with van der Waals surface area (Å²) in [6.07, 6.45) is 0. The Morgan fingerprint density at radius 3 is 2.81 bits per heavy atom. The molecule has 0 bridgehead atoms. The number of amides is 1. The molecule has 1 aromatic carbocycles. The predicted octanol–water partition coefficient (Wildman–Crippen LogP) is 2.64. The van der Waals surface area contributed by atoms with E-state index in [1.807, 2.05) is 6.07 Å². The van der Waals surface area contributed by atoms with Gasteiger partial charge in [0.25, 0.3) is 5.91 Å². The van der Waals surface area contributed by atoms with Crippen LogP contribution >= 0.6 is 11.3 Å². The highest BCUT2D eigenvalue weighted by molar-refractivity contribution is 7.12. The lowest BCUT2D eigenvalue weighted by atomic mass is 10.1. The smallest absolute Gasteiger partial charge is 0.251 e. The van der Waals surface area contributed by atoms with Crippen LogP contribution in [0.15, 0.2) is 30.3 Å². The number of carbonyl (C=O) groups is 1. The molecule has 0 atom stereocenters. The number of benzene rings is 1. The molecule has 0 aliphatic rings. The molecular formula is C17H17NO2S. The lowest BCUT2D eigenvalue weighted by Gasteiger charge is -2.04. The molecule has 1 aromatic heterocycles. The van der Waals surface area contributed by atoms with Crippen molar-refractivity contribution in [3.63, 3.8) is 0 Å². The minimum Gasteiger partial charge on any atom is -0.384 e. The third-order valence-electron chi connectivity index (χ3n) is 3.08. The van der Waals surface area contributed by atoms with Gasteiger partial charge in [-0.1, -0.05) is 17.9 Å². The summed E-state index contributed by atoms with van der Waals surface area (Å²) in [6, 6.07) is 9.18. The number of aryl methyl sites for hydroxylation is 2. The van der Waals surface area contributed by atoms with Gasteiger partial charge in [-0.2, -0.15) is 0 Å². The molecule has 1 amide bonds. The Balaban J connectivity index is 2.03. The first-order valence-electron chi connectivity index (χ1n) is 6.64. The maximum atomic E-state index is 12.1. The van der Waals surface area contributed by atoms with Crippen LogP contribution in [0.4, 0.5) is 0 Å². The third-order valence-corrected chi connectivity index (χ3v) is 4.23. The third kappa shape index (κ3) is 4.19. The summed E-state index contributed by atoms with van der Waals surface area (Å²) in [7, 11) is 0. The summed E-state index contributed by atoms with van der Waals surface area (Å²) in [6.45, 7) is 4.49. The minimum atomic E-state index is -0.187. The molecule has 21 heavy (non-hydrogen) atoms. The van der Waals surface area contributed by atoms with Crippen LogP contribution in [-0.4, -0.2) is 17.6 Å². The summed E-state index contributed by atoms with van der Waals surface area (Å²) in [5.41, 5.74) is 2.55. The predicted molar refractivity (Wildman–Crippen MR) is 85.4 cm³/mol. The Labute approximate surface area is 128 Å². The first-order valence-corrected chi connectivity index (χ1v) is 7.45. The van der Waals surface area contributed by atoms with E-state index in [0.717, 1.165) is 10.4 Å². The van der Waals surface area contributed by atoms with Gasteiger partial charge in [-0.05, 0) is 43.7 Å². The first-order chi connectivity index (χ1) is 10.1. The van der Waals surface area contributed by atoms with Crippen LogP contribution in [0.5, 0.6) is 0 Å². The van der Waals surface area contributed by atoms with Crippen LogP contribution in [0.2, 0.25) is 0 Å². The van der Waals surface area contributed by atoms with E-state index in [2.05, 4.69) is 37.1 Å². The summed E-state index contributed by atoms with van der Waals surface area (Å²) < 4.78 is 0. The molecule has 0 unspecified atom stereocenters. The van der Waals surface area contributed by atoms with E-state index >= 15 is 0 Å². The fraction of sp³-hybridized carbons (Fsp3) is 0.235. The zero-order chi connectivity index (χ0) is 15.2. The number of carbonyl (C=O) groups excluding carboxylic acids is 1. The molecule has 2 N–H and O–H groups in total. The molecule has 0 aliphatic heterocycles. The highest BCUT2D eigenvalue weighted by Crippen LogP contribution is 2.20. The summed E-state index contributed by atoms with van der Waals surface area (Å²) in [4.78, 5) is 14.6. The molecule has 0 fully saturated rings. The summed E-state index contributed by atoms with van der Waals surface area (Å²) >= 11 is 1.70. The maximum Gasteiger partial charge on any atom is 0.251 e. The molecule has 0 aliphatic carbocycles. The van der Waals surface area contributed by atoms with Gasteiger partial charge in [0.15, 0.2) is 0 Å². The Morgan fingerprint density at radius 2 is 2.14 bits per heavy atom. The van der Waals surface area contributed by atoms with E-state index in [9.17, 15) is 4.79 Å². The van der Waals surface area contributed by atoms with Crippen LogP contribution < -0.4 is 5.32 Å². The summed E-state index contributed by atoms with van der Waals surface area (Å²) in [5, 5.41) is 11.6. The molecule has 2 aromatic rings. The van der Waals surface area contributed by atoms with Crippen molar-refractivity contribution in [2.75, 3.05) is 6.61 Å². The Bertz CT molecular complexity index is 688. The van der Waals surface area contributed by atoms with E-state index in [-0.39, 0.29) is 12.5 Å². The standard InChI is InChI=1S/C17H17NO2S/c1-12-9-16(21-13(12)2)11-18-17(20)15-7-3-5-14(10-15)6-4-8-19/h3,5,7,9-10,19H,8,11H2,1-2H3,(H,18,20). The van der Waals surface area contributed by atoms with E-state index in [1.54, 1.807) is 29.5 Å². The largest absolute Gasteiger partial charge is 0.384 e. The molecule has 3 nitrogen and oxygen atoms in total. The van der Waals surface area contributed by atoms with Crippen molar-refractivity contribution in [2.45, 2.75) is 20.4 Å². The molecule has 2 rings (SSSR count). The molecule has 4 heteroatoms. The highest BCUT2D eigenvalue weighted by Gasteiger charge is 2.07. The molecule has 1 heterocycles. The van der Waals surface area contributed by atoms with Crippen molar-refractivity contribution >= 4 is 17.2 Å². The number of hydrogen-bond acceptors (Lipinski definition) is 3. The van der Waals surface area contributed by atoms with Gasteiger partial charge in [0.1, 0.15) is 6.61 Å². The van der Waals surface area contributed by atoms with Crippen molar-refractivity contribution in [3.05, 3.63) is 56.8 Å². The molecular weight excluding hydrogens is 282 g/mol. The number of rotatable bonds is 3. The van der Waals surface area contributed by atoms with Crippen molar-refractivity contribution in [3.8, 4) is 11.8 Å². The number of aliphatic hydroxyl groups excluding tert-OH is 1. The molecule has 0 saturated heterocycles. The van der Waals surface area contributed by atoms with Crippen LogP contribution in [0, 0.1) is 25.7 Å². The fourth-order valence-electron chi connectivity index (χ4n) is 1.89. The lowest BCUT2D eigenvalue weighted by Crippen LogP contribution is -2.22. The van der Waals surface area contributed by atoms with Crippen LogP contribution in [0.25, 0.3) is 0 Å². The van der Waals surface area contributed by atoms with Gasteiger partial charge in [-0.3, -0.25) is 4.79 Å². The van der Waals surface area contributed by atoms with Gasteiger partial charge < -0.3 is 10.4 Å². The normalized spacial score (nSPS) is 9.86. The zero-order valence-corrected chi connectivity index (χ0v) is 12.9.